The molecule has 2 aromatic rings. The molecule has 3 amide bonds. The molecule has 1 atom stereocenters. The van der Waals surface area contributed by atoms with Crippen molar-refractivity contribution in [1.29, 1.82) is 0 Å². The van der Waals surface area contributed by atoms with Crippen molar-refractivity contribution in [1.82, 2.24) is 10.2 Å². The molecule has 35 heavy (non-hydrogen) atoms. The molecule has 1 heterocycles. The van der Waals surface area contributed by atoms with Crippen LogP contribution < -0.4 is 10.1 Å². The van der Waals surface area contributed by atoms with Crippen LogP contribution in [0.25, 0.3) is 0 Å². The maximum absolute atomic E-state index is 13.0. The van der Waals surface area contributed by atoms with E-state index in [9.17, 15) is 19.2 Å². The number of hydrogen-bond acceptors (Lipinski definition) is 6. The van der Waals surface area contributed by atoms with E-state index < -0.39 is 12.1 Å². The summed E-state index contributed by atoms with van der Waals surface area (Å²) in [6.45, 7) is 3.66. The Labute approximate surface area is 204 Å². The number of ether oxygens (including phenoxy) is 2. The monoisotopic (exact) mass is 478 g/mol. The molecule has 1 saturated carbocycles. The Kier molecular flexibility index (Phi) is 7.48. The van der Waals surface area contributed by atoms with Gasteiger partial charge in [-0.1, -0.05) is 37.5 Å². The summed E-state index contributed by atoms with van der Waals surface area (Å²) in [6.07, 6.45) is 4.22. The van der Waals surface area contributed by atoms with Gasteiger partial charge in [0.05, 0.1) is 24.3 Å². The van der Waals surface area contributed by atoms with Gasteiger partial charge in [-0.3, -0.25) is 19.3 Å². The lowest BCUT2D eigenvalue weighted by atomic mass is 9.95. The maximum Gasteiger partial charge on any atom is 0.342 e. The van der Waals surface area contributed by atoms with Gasteiger partial charge < -0.3 is 14.8 Å². The van der Waals surface area contributed by atoms with E-state index in [1.165, 1.54) is 6.42 Å². The van der Waals surface area contributed by atoms with Crippen LogP contribution in [0.15, 0.2) is 42.5 Å². The molecule has 1 aliphatic carbocycles. The number of imide groups is 1. The lowest BCUT2D eigenvalue weighted by Gasteiger charge is -2.24. The van der Waals surface area contributed by atoms with Gasteiger partial charge in [0.15, 0.2) is 6.10 Å². The second-order valence-electron chi connectivity index (χ2n) is 8.90. The van der Waals surface area contributed by atoms with Crippen molar-refractivity contribution in [2.24, 2.45) is 0 Å². The predicted octanol–water partition coefficient (Wildman–Crippen LogP) is 3.88. The van der Waals surface area contributed by atoms with E-state index in [0.717, 1.165) is 30.6 Å². The molecule has 0 radical (unpaired) electrons. The minimum atomic E-state index is -0.973. The van der Waals surface area contributed by atoms with Gasteiger partial charge in [-0.2, -0.15) is 0 Å². The fraction of sp³-hybridized carbons (Fsp3) is 0.407. The molecule has 2 aliphatic rings. The van der Waals surface area contributed by atoms with Crippen LogP contribution in [0.5, 0.6) is 5.75 Å². The van der Waals surface area contributed by atoms with Crippen molar-refractivity contribution in [3.05, 3.63) is 64.7 Å². The minimum Gasteiger partial charge on any atom is -0.493 e. The van der Waals surface area contributed by atoms with Crippen LogP contribution in [-0.2, 0) is 16.1 Å². The first-order valence-electron chi connectivity index (χ1n) is 12.1. The highest BCUT2D eigenvalue weighted by Gasteiger charge is 2.35. The summed E-state index contributed by atoms with van der Waals surface area (Å²) in [4.78, 5) is 52.2. The highest BCUT2D eigenvalue weighted by molar-refractivity contribution is 6.21. The maximum atomic E-state index is 13.0. The molecule has 2 aromatic carbocycles. The highest BCUT2D eigenvalue weighted by Crippen LogP contribution is 2.27. The normalized spacial score (nSPS) is 16.6. The van der Waals surface area contributed by atoms with Crippen LogP contribution in [0.1, 0.15) is 82.6 Å². The molecule has 0 aromatic heterocycles. The third kappa shape index (κ3) is 5.37. The summed E-state index contributed by atoms with van der Waals surface area (Å²) < 4.78 is 11.1. The van der Waals surface area contributed by atoms with Gasteiger partial charge >= 0.3 is 5.97 Å². The van der Waals surface area contributed by atoms with Crippen LogP contribution in [-0.4, -0.2) is 47.3 Å². The molecule has 184 valence electrons. The smallest absolute Gasteiger partial charge is 0.342 e. The number of nitrogens with zero attached hydrogens (tertiary/aromatic N) is 1. The number of benzene rings is 2. The third-order valence-electron chi connectivity index (χ3n) is 6.39. The number of amides is 3. The van der Waals surface area contributed by atoms with E-state index in [-0.39, 0.29) is 35.9 Å². The van der Waals surface area contributed by atoms with E-state index in [1.807, 2.05) is 0 Å². The molecule has 0 spiro atoms. The first kappa shape index (κ1) is 24.4. The van der Waals surface area contributed by atoms with Crippen LogP contribution >= 0.6 is 0 Å². The van der Waals surface area contributed by atoms with Crippen molar-refractivity contribution in [2.45, 2.75) is 64.6 Å². The van der Waals surface area contributed by atoms with Gasteiger partial charge in [-0.15, -0.1) is 0 Å². The Morgan fingerprint density at radius 1 is 1.03 bits per heavy atom. The van der Waals surface area contributed by atoms with Crippen LogP contribution in [0.3, 0.4) is 0 Å². The van der Waals surface area contributed by atoms with Gasteiger partial charge in [-0.25, -0.2) is 4.79 Å². The molecule has 1 fully saturated rings. The molecule has 1 unspecified atom stereocenters. The van der Waals surface area contributed by atoms with Crippen molar-refractivity contribution in [3.63, 3.8) is 0 Å². The first-order chi connectivity index (χ1) is 16.9. The van der Waals surface area contributed by atoms with E-state index in [2.05, 4.69) is 5.32 Å². The quantitative estimate of drug-likeness (QED) is 0.456. The highest BCUT2D eigenvalue weighted by atomic mass is 16.5. The fourth-order valence-corrected chi connectivity index (χ4v) is 4.52. The molecule has 8 heteroatoms. The van der Waals surface area contributed by atoms with Gasteiger partial charge in [0, 0.05) is 6.04 Å². The number of carbonyl (C=O) groups excluding carboxylic acids is 4. The summed E-state index contributed by atoms with van der Waals surface area (Å²) in [7, 11) is 0. The lowest BCUT2D eigenvalue weighted by molar-refractivity contribution is -0.130. The van der Waals surface area contributed by atoms with Gasteiger partial charge in [-0.05, 0) is 56.5 Å². The Morgan fingerprint density at radius 2 is 1.69 bits per heavy atom. The molecular weight excluding hydrogens is 448 g/mol. The summed E-state index contributed by atoms with van der Waals surface area (Å²) in [5.74, 6) is -1.48. The van der Waals surface area contributed by atoms with Crippen molar-refractivity contribution < 1.29 is 28.7 Å². The number of fused-ring (bicyclic) bond motifs is 1. The van der Waals surface area contributed by atoms with Crippen molar-refractivity contribution in [3.8, 4) is 5.75 Å². The van der Waals surface area contributed by atoms with Gasteiger partial charge in [0.2, 0.25) is 0 Å². The lowest BCUT2D eigenvalue weighted by Crippen LogP contribution is -2.42. The summed E-state index contributed by atoms with van der Waals surface area (Å²) in [6, 6.07) is 11.6. The van der Waals surface area contributed by atoms with Crippen LogP contribution in [0.4, 0.5) is 0 Å². The number of carbonyl (C=O) groups is 4. The van der Waals surface area contributed by atoms with E-state index in [0.29, 0.717) is 29.0 Å². The molecule has 0 saturated heterocycles. The Balaban J connectivity index is 1.48. The largest absolute Gasteiger partial charge is 0.493 e. The molecule has 1 N–H and O–H groups in total. The summed E-state index contributed by atoms with van der Waals surface area (Å²) in [5, 5.41) is 2.96. The number of esters is 1. The average molecular weight is 479 g/mol. The zero-order chi connectivity index (χ0) is 24.9. The first-order valence-corrected chi connectivity index (χ1v) is 12.1. The Bertz CT molecular complexity index is 1100. The third-order valence-corrected chi connectivity index (χ3v) is 6.39. The molecule has 0 bridgehead atoms. The number of nitrogens with one attached hydrogen (secondary N) is 1. The van der Waals surface area contributed by atoms with Gasteiger partial charge in [0.1, 0.15) is 11.3 Å². The zero-order valence-corrected chi connectivity index (χ0v) is 20.0. The Hall–Kier alpha value is -3.68. The zero-order valence-electron chi connectivity index (χ0n) is 20.0. The minimum absolute atomic E-state index is 0.00322. The molecule has 8 nitrogen and oxygen atoms in total. The standard InChI is InChI=1S/C27H30N2O6/c1-3-34-23-14-13-18(16-29-25(31)20-11-7-8-12-21(20)26(29)32)15-22(23)27(33)35-17(2)24(30)28-19-9-5-4-6-10-19/h7-8,11-15,17,19H,3-6,9-10,16H2,1-2H3,(H,28,30). The van der Waals surface area contributed by atoms with Crippen molar-refractivity contribution in [2.75, 3.05) is 6.61 Å². The summed E-state index contributed by atoms with van der Waals surface area (Å²) in [5.41, 5.74) is 1.43. The average Bonchev–Trinajstić information content (AvgIpc) is 3.10. The van der Waals surface area contributed by atoms with Crippen LogP contribution in [0.2, 0.25) is 0 Å². The van der Waals surface area contributed by atoms with E-state index in [1.54, 1.807) is 56.3 Å². The molecule has 4 rings (SSSR count). The van der Waals surface area contributed by atoms with Gasteiger partial charge in [0.25, 0.3) is 17.7 Å². The number of hydrogen-bond donors (Lipinski definition) is 1. The molecule has 1 aliphatic heterocycles. The fourth-order valence-electron chi connectivity index (χ4n) is 4.52. The van der Waals surface area contributed by atoms with Crippen molar-refractivity contribution >= 4 is 23.7 Å². The SMILES string of the molecule is CCOc1ccc(CN2C(=O)c3ccccc3C2=O)cc1C(=O)OC(C)C(=O)NC1CCCCC1. The second kappa shape index (κ2) is 10.7. The second-order valence-corrected chi connectivity index (χ2v) is 8.90. The van der Waals surface area contributed by atoms with E-state index >= 15 is 0 Å². The Morgan fingerprint density at radius 3 is 2.31 bits per heavy atom. The molecular formula is C27H30N2O6. The predicted molar refractivity (Wildman–Crippen MR) is 128 cm³/mol. The van der Waals surface area contributed by atoms with Crippen LogP contribution in [0, 0.1) is 0 Å². The number of rotatable bonds is 8. The van der Waals surface area contributed by atoms with E-state index in [4.69, 9.17) is 9.47 Å². The topological polar surface area (TPSA) is 102 Å². The summed E-state index contributed by atoms with van der Waals surface area (Å²) >= 11 is 0.